The molecule has 21 heavy (non-hydrogen) atoms. The van der Waals surface area contributed by atoms with Gasteiger partial charge in [0.25, 0.3) is 0 Å². The number of aliphatic hydroxyl groups is 4. The van der Waals surface area contributed by atoms with Crippen LogP contribution < -0.4 is 0 Å². The standard InChI is InChI=1S/C15H22O6/c1-5-9-12(21-14(5)20)11(18)6(2)10-7(16)4-8(17)15(10,3)13(9)19/h6-13,16-19H,1,4H2,2-3H3/t6-,7-,8+,9+,10+,11+,12+,13+,15+/m0/s1. The molecule has 6 heteroatoms. The van der Waals surface area contributed by atoms with E-state index in [2.05, 4.69) is 6.58 Å². The zero-order chi connectivity index (χ0) is 15.7. The largest absolute Gasteiger partial charge is 0.455 e. The number of carbonyl (C=O) groups is 1. The Hall–Kier alpha value is -0.950. The van der Waals surface area contributed by atoms with Crippen molar-refractivity contribution < 1.29 is 30.0 Å². The molecule has 0 spiro atoms. The van der Waals surface area contributed by atoms with Gasteiger partial charge in [0, 0.05) is 23.3 Å². The van der Waals surface area contributed by atoms with Crippen molar-refractivity contribution in [3.63, 3.8) is 0 Å². The number of aliphatic hydroxyl groups excluding tert-OH is 4. The molecule has 1 aliphatic heterocycles. The van der Waals surface area contributed by atoms with Gasteiger partial charge in [0.2, 0.25) is 0 Å². The SMILES string of the molecule is C=C1C(=O)O[C@H]2[C@H](O)[C@@H](C)[C@@H]3[C@@H](O)C[C@@H](O)[C@@]3(C)[C@H](O)[C@H]12. The van der Waals surface area contributed by atoms with Gasteiger partial charge < -0.3 is 25.2 Å². The zero-order valence-electron chi connectivity index (χ0n) is 12.1. The predicted octanol–water partition coefficient (Wildman–Crippen LogP) is -0.796. The number of fused-ring (bicyclic) bond motifs is 2. The number of ether oxygens (including phenoxy) is 1. The van der Waals surface area contributed by atoms with Gasteiger partial charge in [-0.1, -0.05) is 20.4 Å². The molecule has 3 aliphatic rings. The quantitative estimate of drug-likeness (QED) is 0.345. The van der Waals surface area contributed by atoms with Gasteiger partial charge in [0.15, 0.2) is 0 Å². The number of esters is 1. The molecule has 1 heterocycles. The van der Waals surface area contributed by atoms with Gasteiger partial charge in [0.05, 0.1) is 30.3 Å². The molecule has 1 saturated heterocycles. The Bertz CT molecular complexity index is 491. The highest BCUT2D eigenvalue weighted by atomic mass is 16.6. The van der Waals surface area contributed by atoms with Crippen LogP contribution in [0.3, 0.4) is 0 Å². The summed E-state index contributed by atoms with van der Waals surface area (Å²) in [4.78, 5) is 11.7. The van der Waals surface area contributed by atoms with Crippen LogP contribution >= 0.6 is 0 Å². The minimum absolute atomic E-state index is 0.120. The lowest BCUT2D eigenvalue weighted by Gasteiger charge is -2.41. The van der Waals surface area contributed by atoms with E-state index in [0.29, 0.717) is 0 Å². The molecule has 0 radical (unpaired) electrons. The van der Waals surface area contributed by atoms with Crippen LogP contribution in [0.25, 0.3) is 0 Å². The molecule has 2 aliphatic carbocycles. The van der Waals surface area contributed by atoms with Crippen LogP contribution in [0.5, 0.6) is 0 Å². The van der Waals surface area contributed by atoms with Crippen LogP contribution in [0.2, 0.25) is 0 Å². The molecule has 3 fully saturated rings. The van der Waals surface area contributed by atoms with E-state index < -0.39 is 59.7 Å². The molecule has 0 amide bonds. The van der Waals surface area contributed by atoms with Crippen LogP contribution in [0.4, 0.5) is 0 Å². The normalized spacial score (nSPS) is 56.7. The Balaban J connectivity index is 2.12. The summed E-state index contributed by atoms with van der Waals surface area (Å²) < 4.78 is 5.18. The van der Waals surface area contributed by atoms with E-state index >= 15 is 0 Å². The van der Waals surface area contributed by atoms with Crippen LogP contribution in [0.15, 0.2) is 12.2 Å². The molecule has 6 nitrogen and oxygen atoms in total. The van der Waals surface area contributed by atoms with Crippen molar-refractivity contribution in [2.24, 2.45) is 23.2 Å². The van der Waals surface area contributed by atoms with Crippen molar-refractivity contribution >= 4 is 5.97 Å². The van der Waals surface area contributed by atoms with Gasteiger partial charge >= 0.3 is 5.97 Å². The predicted molar refractivity (Wildman–Crippen MR) is 71.9 cm³/mol. The Morgan fingerprint density at radius 3 is 2.52 bits per heavy atom. The molecular weight excluding hydrogens is 276 g/mol. The first kappa shape index (κ1) is 15.0. The summed E-state index contributed by atoms with van der Waals surface area (Å²) in [6.45, 7) is 7.12. The van der Waals surface area contributed by atoms with Crippen molar-refractivity contribution in [1.82, 2.24) is 0 Å². The lowest BCUT2D eigenvalue weighted by molar-refractivity contribution is -0.146. The van der Waals surface area contributed by atoms with Crippen LogP contribution in [0.1, 0.15) is 20.3 Å². The summed E-state index contributed by atoms with van der Waals surface area (Å²) >= 11 is 0. The fraction of sp³-hybridized carbons (Fsp3) is 0.800. The highest BCUT2D eigenvalue weighted by Crippen LogP contribution is 2.56. The summed E-state index contributed by atoms with van der Waals surface area (Å²) in [5.74, 6) is -2.28. The molecule has 0 bridgehead atoms. The van der Waals surface area contributed by atoms with Crippen molar-refractivity contribution in [3.8, 4) is 0 Å². The van der Waals surface area contributed by atoms with Gasteiger partial charge in [0.1, 0.15) is 6.10 Å². The molecular formula is C15H22O6. The minimum atomic E-state index is -1.11. The highest BCUT2D eigenvalue weighted by Gasteiger charge is 2.65. The number of hydrogen-bond donors (Lipinski definition) is 4. The molecule has 118 valence electrons. The Labute approximate surface area is 123 Å². The lowest BCUT2D eigenvalue weighted by Crippen LogP contribution is -2.49. The van der Waals surface area contributed by atoms with Crippen molar-refractivity contribution in [2.75, 3.05) is 0 Å². The molecule has 0 aromatic carbocycles. The maximum atomic E-state index is 11.7. The van der Waals surface area contributed by atoms with E-state index in [1.54, 1.807) is 13.8 Å². The molecule has 0 aromatic rings. The molecule has 2 saturated carbocycles. The fourth-order valence-electron chi connectivity index (χ4n) is 4.73. The molecule has 0 unspecified atom stereocenters. The van der Waals surface area contributed by atoms with Gasteiger partial charge in [-0.25, -0.2) is 4.79 Å². The summed E-state index contributed by atoms with van der Waals surface area (Å²) in [7, 11) is 0. The summed E-state index contributed by atoms with van der Waals surface area (Å²) in [5, 5.41) is 42.0. The topological polar surface area (TPSA) is 107 Å². The summed E-state index contributed by atoms with van der Waals surface area (Å²) in [6.07, 6.45) is -4.58. The van der Waals surface area contributed by atoms with E-state index in [4.69, 9.17) is 4.74 Å². The van der Waals surface area contributed by atoms with Crippen molar-refractivity contribution in [2.45, 2.75) is 50.8 Å². The molecule has 9 atom stereocenters. The molecule has 4 N–H and O–H groups in total. The number of hydrogen-bond acceptors (Lipinski definition) is 6. The first-order chi connectivity index (χ1) is 9.71. The smallest absolute Gasteiger partial charge is 0.334 e. The van der Waals surface area contributed by atoms with E-state index in [0.717, 1.165) is 0 Å². The average Bonchev–Trinajstić information content (AvgIpc) is 2.81. The number of carbonyl (C=O) groups excluding carboxylic acids is 1. The summed E-state index contributed by atoms with van der Waals surface area (Å²) in [6, 6.07) is 0. The van der Waals surface area contributed by atoms with Crippen molar-refractivity contribution in [3.05, 3.63) is 12.2 Å². The average molecular weight is 298 g/mol. The Kier molecular flexibility index (Phi) is 3.22. The maximum Gasteiger partial charge on any atom is 0.334 e. The maximum absolute atomic E-state index is 11.7. The monoisotopic (exact) mass is 298 g/mol. The van der Waals surface area contributed by atoms with E-state index in [1.165, 1.54) is 0 Å². The van der Waals surface area contributed by atoms with Crippen LogP contribution in [0, 0.1) is 23.2 Å². The van der Waals surface area contributed by atoms with Gasteiger partial charge in [-0.15, -0.1) is 0 Å². The third-order valence-electron chi connectivity index (χ3n) is 6.00. The summed E-state index contributed by atoms with van der Waals surface area (Å²) in [5.41, 5.74) is -0.898. The first-order valence-electron chi connectivity index (χ1n) is 7.33. The highest BCUT2D eigenvalue weighted by molar-refractivity contribution is 5.91. The molecule has 0 aromatic heterocycles. The van der Waals surface area contributed by atoms with Gasteiger partial charge in [-0.05, 0) is 5.92 Å². The third kappa shape index (κ3) is 1.70. The second kappa shape index (κ2) is 4.52. The second-order valence-corrected chi connectivity index (χ2v) is 6.93. The van der Waals surface area contributed by atoms with E-state index in [-0.39, 0.29) is 12.0 Å². The first-order valence-corrected chi connectivity index (χ1v) is 7.33. The zero-order valence-corrected chi connectivity index (χ0v) is 12.1. The van der Waals surface area contributed by atoms with Gasteiger partial charge in [-0.3, -0.25) is 0 Å². The van der Waals surface area contributed by atoms with Crippen LogP contribution in [-0.4, -0.2) is 56.9 Å². The third-order valence-corrected chi connectivity index (χ3v) is 6.00. The lowest BCUT2D eigenvalue weighted by atomic mass is 9.67. The van der Waals surface area contributed by atoms with E-state index in [9.17, 15) is 25.2 Å². The van der Waals surface area contributed by atoms with Gasteiger partial charge in [-0.2, -0.15) is 0 Å². The fourth-order valence-corrected chi connectivity index (χ4v) is 4.73. The minimum Gasteiger partial charge on any atom is -0.455 e. The Morgan fingerprint density at radius 2 is 1.90 bits per heavy atom. The molecule has 3 rings (SSSR count). The van der Waals surface area contributed by atoms with E-state index in [1.807, 2.05) is 0 Å². The van der Waals surface area contributed by atoms with Crippen LogP contribution in [-0.2, 0) is 9.53 Å². The van der Waals surface area contributed by atoms with Crippen molar-refractivity contribution in [1.29, 1.82) is 0 Å². The Morgan fingerprint density at radius 1 is 1.29 bits per heavy atom. The number of rotatable bonds is 0. The second-order valence-electron chi connectivity index (χ2n) is 6.93.